The number of alkyl halides is 1. The largest absolute Gasteiger partial charge is 0.281 e. The summed E-state index contributed by atoms with van der Waals surface area (Å²) in [7, 11) is -3.53. The number of H-pyrrole nitrogens is 1. The molecule has 0 atom stereocenters. The molecule has 1 aromatic heterocycles. The van der Waals surface area contributed by atoms with Crippen LogP contribution in [-0.4, -0.2) is 18.6 Å². The topological polar surface area (TPSA) is 74.8 Å². The number of sulfonamides is 1. The van der Waals surface area contributed by atoms with Crippen molar-refractivity contribution in [2.75, 3.05) is 0 Å². The van der Waals surface area contributed by atoms with Crippen LogP contribution in [0.25, 0.3) is 0 Å². The van der Waals surface area contributed by atoms with Gasteiger partial charge in [-0.25, -0.2) is 13.1 Å². The minimum absolute atomic E-state index is 0.171. The van der Waals surface area contributed by atoms with Gasteiger partial charge in [0.1, 0.15) is 4.90 Å². The number of halogens is 1. The van der Waals surface area contributed by atoms with Crippen LogP contribution in [0.4, 0.5) is 0 Å². The molecule has 0 saturated carbocycles. The average molecular weight is 300 g/mol. The molecule has 7 heteroatoms. The van der Waals surface area contributed by atoms with Gasteiger partial charge in [0.2, 0.25) is 10.0 Å². The molecule has 2 N–H and O–H groups in total. The van der Waals surface area contributed by atoms with Crippen molar-refractivity contribution in [2.24, 2.45) is 0 Å². The summed E-state index contributed by atoms with van der Waals surface area (Å²) in [5.41, 5.74) is 2.39. The first-order valence-corrected chi connectivity index (χ1v) is 7.68. The maximum absolute atomic E-state index is 12.0. The number of nitrogens with zero attached hydrogens (tertiary/aromatic N) is 1. The Hall–Kier alpha value is -1.37. The summed E-state index contributed by atoms with van der Waals surface area (Å²) in [5.74, 6) is 0.445. The highest BCUT2D eigenvalue weighted by atomic mass is 35.5. The van der Waals surface area contributed by atoms with Gasteiger partial charge in [0.25, 0.3) is 0 Å². The first-order valence-electron chi connectivity index (χ1n) is 5.66. The molecule has 0 aliphatic heterocycles. The molecule has 5 nitrogen and oxygen atoms in total. The molecular weight excluding hydrogens is 286 g/mol. The Kier molecular flexibility index (Phi) is 4.24. The molecule has 0 spiro atoms. The van der Waals surface area contributed by atoms with Gasteiger partial charge in [-0.05, 0) is 18.1 Å². The van der Waals surface area contributed by atoms with Crippen LogP contribution in [0, 0.1) is 6.92 Å². The second kappa shape index (κ2) is 5.73. The van der Waals surface area contributed by atoms with Crippen LogP contribution in [0.5, 0.6) is 0 Å². The Morgan fingerprint density at radius 3 is 2.42 bits per heavy atom. The fourth-order valence-corrected chi connectivity index (χ4v) is 2.94. The summed E-state index contributed by atoms with van der Waals surface area (Å²) >= 11 is 5.69. The minimum atomic E-state index is -3.53. The molecule has 0 saturated heterocycles. The van der Waals surface area contributed by atoms with Gasteiger partial charge in [-0.2, -0.15) is 5.10 Å². The average Bonchev–Trinajstić information content (AvgIpc) is 2.84. The maximum Gasteiger partial charge on any atom is 0.244 e. The van der Waals surface area contributed by atoms with Gasteiger partial charge in [0, 0.05) is 12.4 Å². The highest BCUT2D eigenvalue weighted by molar-refractivity contribution is 7.89. The summed E-state index contributed by atoms with van der Waals surface area (Å²) in [6, 6.07) is 7.45. The number of hydrogen-bond donors (Lipinski definition) is 2. The van der Waals surface area contributed by atoms with Crippen molar-refractivity contribution in [2.45, 2.75) is 24.2 Å². The van der Waals surface area contributed by atoms with Gasteiger partial charge in [-0.3, -0.25) is 5.10 Å². The van der Waals surface area contributed by atoms with Crippen molar-refractivity contribution in [3.05, 3.63) is 47.3 Å². The molecule has 19 heavy (non-hydrogen) atoms. The Morgan fingerprint density at radius 1 is 1.26 bits per heavy atom. The van der Waals surface area contributed by atoms with Crippen LogP contribution in [0.3, 0.4) is 0 Å². The van der Waals surface area contributed by atoms with E-state index in [-0.39, 0.29) is 11.4 Å². The lowest BCUT2D eigenvalue weighted by Gasteiger charge is -2.06. The van der Waals surface area contributed by atoms with Crippen molar-refractivity contribution < 1.29 is 8.42 Å². The number of nitrogens with one attached hydrogen (secondary N) is 2. The fraction of sp³-hybridized carbons (Fsp3) is 0.250. The van der Waals surface area contributed by atoms with E-state index in [9.17, 15) is 8.42 Å². The summed E-state index contributed by atoms with van der Waals surface area (Å²) in [6.45, 7) is 1.90. The lowest BCUT2D eigenvalue weighted by atomic mass is 10.1. The van der Waals surface area contributed by atoms with E-state index in [1.165, 1.54) is 6.20 Å². The van der Waals surface area contributed by atoms with Crippen molar-refractivity contribution in [1.29, 1.82) is 0 Å². The summed E-state index contributed by atoms with van der Waals surface area (Å²) in [4.78, 5) is 0.171. The van der Waals surface area contributed by atoms with E-state index < -0.39 is 10.0 Å². The van der Waals surface area contributed by atoms with Crippen LogP contribution in [0.15, 0.2) is 35.4 Å². The normalized spacial score (nSPS) is 11.7. The molecule has 102 valence electrons. The molecule has 0 unspecified atom stereocenters. The molecule has 0 aliphatic rings. The third-order valence-corrected chi connectivity index (χ3v) is 4.54. The number of rotatable bonds is 5. The predicted octanol–water partition coefficient (Wildman–Crippen LogP) is 1.94. The summed E-state index contributed by atoms with van der Waals surface area (Å²) in [6.07, 6.45) is 1.30. The van der Waals surface area contributed by atoms with Crippen LogP contribution < -0.4 is 4.72 Å². The Labute approximate surface area is 117 Å². The van der Waals surface area contributed by atoms with Gasteiger partial charge < -0.3 is 0 Å². The third kappa shape index (κ3) is 3.34. The van der Waals surface area contributed by atoms with E-state index in [2.05, 4.69) is 14.9 Å². The Balaban J connectivity index is 2.07. The van der Waals surface area contributed by atoms with Crippen molar-refractivity contribution in [1.82, 2.24) is 14.9 Å². The first kappa shape index (κ1) is 14.0. The molecule has 0 amide bonds. The smallest absolute Gasteiger partial charge is 0.244 e. The maximum atomic E-state index is 12.0. The van der Waals surface area contributed by atoms with Crippen LogP contribution in [0.1, 0.15) is 16.8 Å². The molecular formula is C12H14ClN3O2S. The van der Waals surface area contributed by atoms with Gasteiger partial charge in [-0.15, -0.1) is 11.6 Å². The molecule has 1 aromatic carbocycles. The highest BCUT2D eigenvalue weighted by Crippen LogP contribution is 2.12. The van der Waals surface area contributed by atoms with Crippen LogP contribution in [0.2, 0.25) is 0 Å². The Bertz CT molecular complexity index is 650. The van der Waals surface area contributed by atoms with E-state index in [0.717, 1.165) is 11.1 Å². The zero-order valence-electron chi connectivity index (χ0n) is 10.4. The third-order valence-electron chi connectivity index (χ3n) is 2.72. The quantitative estimate of drug-likeness (QED) is 0.829. The monoisotopic (exact) mass is 299 g/mol. The summed E-state index contributed by atoms with van der Waals surface area (Å²) < 4.78 is 26.6. The van der Waals surface area contributed by atoms with Crippen molar-refractivity contribution in [3.63, 3.8) is 0 Å². The molecule has 2 rings (SSSR count). The molecule has 0 fully saturated rings. The lowest BCUT2D eigenvalue weighted by Crippen LogP contribution is -2.23. The number of aryl methyl sites for hydroxylation is 1. The van der Waals surface area contributed by atoms with Gasteiger partial charge in [-0.1, -0.05) is 24.3 Å². The Morgan fingerprint density at radius 2 is 1.89 bits per heavy atom. The fourth-order valence-electron chi connectivity index (χ4n) is 1.61. The van der Waals surface area contributed by atoms with E-state index in [4.69, 9.17) is 11.6 Å². The number of aromatic nitrogens is 2. The lowest BCUT2D eigenvalue weighted by molar-refractivity contribution is 0.581. The number of aromatic amines is 1. The van der Waals surface area contributed by atoms with Crippen LogP contribution >= 0.6 is 11.6 Å². The SMILES string of the molecule is Cc1[nH]ncc1S(=O)(=O)NCc1ccc(CCl)cc1. The van der Waals surface area contributed by atoms with Gasteiger partial charge in [0.15, 0.2) is 0 Å². The zero-order valence-corrected chi connectivity index (χ0v) is 11.9. The van der Waals surface area contributed by atoms with Gasteiger partial charge in [0.05, 0.1) is 11.9 Å². The number of benzene rings is 1. The molecule has 2 aromatic rings. The molecule has 0 aliphatic carbocycles. The van der Waals surface area contributed by atoms with Crippen molar-refractivity contribution in [3.8, 4) is 0 Å². The molecule has 0 radical (unpaired) electrons. The predicted molar refractivity (Wildman–Crippen MR) is 73.3 cm³/mol. The van der Waals surface area contributed by atoms with E-state index in [1.807, 2.05) is 24.3 Å². The second-order valence-corrected chi connectivity index (χ2v) is 6.14. The van der Waals surface area contributed by atoms with Crippen LogP contribution in [-0.2, 0) is 22.4 Å². The van der Waals surface area contributed by atoms with E-state index >= 15 is 0 Å². The van der Waals surface area contributed by atoms with E-state index in [0.29, 0.717) is 11.6 Å². The minimum Gasteiger partial charge on any atom is -0.281 e. The highest BCUT2D eigenvalue weighted by Gasteiger charge is 2.17. The van der Waals surface area contributed by atoms with Crippen molar-refractivity contribution >= 4 is 21.6 Å². The second-order valence-electron chi connectivity index (χ2n) is 4.13. The van der Waals surface area contributed by atoms with E-state index in [1.54, 1.807) is 6.92 Å². The molecule has 0 bridgehead atoms. The van der Waals surface area contributed by atoms with Gasteiger partial charge >= 0.3 is 0 Å². The number of hydrogen-bond acceptors (Lipinski definition) is 3. The zero-order chi connectivity index (χ0) is 13.9. The molecule has 1 heterocycles. The standard InChI is InChI=1S/C12H14ClN3O2S/c1-9-12(8-14-16-9)19(17,18)15-7-11-4-2-10(6-13)3-5-11/h2-5,8,15H,6-7H2,1H3,(H,14,16). The summed E-state index contributed by atoms with van der Waals surface area (Å²) in [5, 5.41) is 6.31. The first-order chi connectivity index (χ1) is 9.03.